The van der Waals surface area contributed by atoms with Gasteiger partial charge in [0.1, 0.15) is 11.5 Å². The summed E-state index contributed by atoms with van der Waals surface area (Å²) in [5.74, 6) is 1.40. The zero-order valence-electron chi connectivity index (χ0n) is 14.3. The van der Waals surface area contributed by atoms with Crippen LogP contribution in [0.4, 0.5) is 11.4 Å². The molecule has 0 spiro atoms. The molecular formula is C19H24N2O3. The second kappa shape index (κ2) is 8.24. The van der Waals surface area contributed by atoms with Crippen molar-refractivity contribution in [1.29, 1.82) is 0 Å². The summed E-state index contributed by atoms with van der Waals surface area (Å²) >= 11 is 0. The van der Waals surface area contributed by atoms with Crippen molar-refractivity contribution in [2.75, 3.05) is 24.8 Å². The van der Waals surface area contributed by atoms with Gasteiger partial charge in [-0.3, -0.25) is 4.79 Å². The monoisotopic (exact) mass is 328 g/mol. The van der Waals surface area contributed by atoms with Crippen molar-refractivity contribution in [3.63, 3.8) is 0 Å². The molecule has 1 amide bonds. The van der Waals surface area contributed by atoms with Gasteiger partial charge in [-0.1, -0.05) is 32.0 Å². The summed E-state index contributed by atoms with van der Waals surface area (Å²) in [6, 6.07) is 12.9. The number of carbonyl (C=O) groups is 1. The first-order chi connectivity index (χ1) is 11.5. The first kappa shape index (κ1) is 17.7. The minimum Gasteiger partial charge on any atom is -0.495 e. The van der Waals surface area contributed by atoms with Crippen LogP contribution in [-0.2, 0) is 4.79 Å². The van der Waals surface area contributed by atoms with E-state index in [9.17, 15) is 4.79 Å². The largest absolute Gasteiger partial charge is 0.495 e. The average molecular weight is 328 g/mol. The summed E-state index contributed by atoms with van der Waals surface area (Å²) in [6.45, 7) is 4.19. The number of nitrogens with two attached hydrogens (primary N) is 1. The van der Waals surface area contributed by atoms with Crippen molar-refractivity contribution >= 4 is 17.3 Å². The van der Waals surface area contributed by atoms with Crippen LogP contribution in [0.1, 0.15) is 31.7 Å². The predicted octanol–water partition coefficient (Wildman–Crippen LogP) is 3.81. The Kier molecular flexibility index (Phi) is 6.07. The van der Waals surface area contributed by atoms with Gasteiger partial charge < -0.3 is 20.5 Å². The van der Waals surface area contributed by atoms with E-state index in [0.29, 0.717) is 23.0 Å². The van der Waals surface area contributed by atoms with Crippen molar-refractivity contribution in [2.24, 2.45) is 0 Å². The molecule has 2 aromatic rings. The third kappa shape index (κ3) is 4.41. The zero-order chi connectivity index (χ0) is 17.5. The summed E-state index contributed by atoms with van der Waals surface area (Å²) in [5, 5.41) is 2.77. The molecule has 0 aliphatic carbocycles. The van der Waals surface area contributed by atoms with Crippen LogP contribution in [0.2, 0.25) is 0 Å². The smallest absolute Gasteiger partial charge is 0.262 e. The van der Waals surface area contributed by atoms with Crippen LogP contribution in [0.25, 0.3) is 0 Å². The van der Waals surface area contributed by atoms with Gasteiger partial charge in [0, 0.05) is 5.69 Å². The van der Waals surface area contributed by atoms with E-state index in [1.54, 1.807) is 25.3 Å². The Bertz CT molecular complexity index is 701. The van der Waals surface area contributed by atoms with Gasteiger partial charge in [-0.2, -0.15) is 0 Å². The van der Waals surface area contributed by atoms with Crippen molar-refractivity contribution in [1.82, 2.24) is 0 Å². The number of nitrogens with one attached hydrogen (secondary N) is 1. The maximum Gasteiger partial charge on any atom is 0.262 e. The molecule has 128 valence electrons. The normalized spacial score (nSPS) is 11.6. The molecule has 0 saturated heterocycles. The molecule has 1 atom stereocenters. The fourth-order valence-corrected chi connectivity index (χ4v) is 2.39. The van der Waals surface area contributed by atoms with E-state index in [1.807, 2.05) is 24.3 Å². The molecule has 0 aromatic heterocycles. The van der Waals surface area contributed by atoms with Crippen LogP contribution in [0.5, 0.6) is 11.5 Å². The molecule has 3 N–H and O–H groups in total. The third-order valence-electron chi connectivity index (χ3n) is 3.92. The van der Waals surface area contributed by atoms with E-state index in [0.717, 1.165) is 17.7 Å². The van der Waals surface area contributed by atoms with Gasteiger partial charge in [-0.15, -0.1) is 0 Å². The first-order valence-corrected chi connectivity index (χ1v) is 8.00. The summed E-state index contributed by atoms with van der Waals surface area (Å²) in [5.41, 5.74) is 7.94. The minimum absolute atomic E-state index is 0.0780. The van der Waals surface area contributed by atoms with Crippen molar-refractivity contribution in [2.45, 2.75) is 26.2 Å². The Morgan fingerprint density at radius 2 is 1.96 bits per heavy atom. The predicted molar refractivity (Wildman–Crippen MR) is 96.7 cm³/mol. The highest BCUT2D eigenvalue weighted by molar-refractivity contribution is 5.94. The molecule has 1 unspecified atom stereocenters. The molecule has 2 aromatic carbocycles. The molecule has 2 rings (SSSR count). The Hall–Kier alpha value is -2.69. The van der Waals surface area contributed by atoms with Gasteiger partial charge >= 0.3 is 0 Å². The quantitative estimate of drug-likeness (QED) is 0.758. The number of carbonyl (C=O) groups excluding carboxylic acids is 1. The van der Waals surface area contributed by atoms with Gasteiger partial charge in [-0.05, 0) is 42.2 Å². The minimum atomic E-state index is -0.266. The second-order valence-corrected chi connectivity index (χ2v) is 5.64. The van der Waals surface area contributed by atoms with Gasteiger partial charge in [-0.25, -0.2) is 0 Å². The Morgan fingerprint density at radius 1 is 1.21 bits per heavy atom. The molecule has 0 heterocycles. The van der Waals surface area contributed by atoms with Gasteiger partial charge in [0.05, 0.1) is 12.8 Å². The molecule has 0 radical (unpaired) electrons. The molecule has 24 heavy (non-hydrogen) atoms. The Balaban J connectivity index is 2.03. The van der Waals surface area contributed by atoms with Crippen LogP contribution >= 0.6 is 0 Å². The van der Waals surface area contributed by atoms with E-state index in [-0.39, 0.29) is 12.5 Å². The lowest BCUT2D eigenvalue weighted by Crippen LogP contribution is -2.21. The number of anilines is 2. The molecule has 5 nitrogen and oxygen atoms in total. The van der Waals surface area contributed by atoms with Crippen molar-refractivity contribution in [3.8, 4) is 11.5 Å². The Labute approximate surface area is 142 Å². The van der Waals surface area contributed by atoms with Crippen LogP contribution in [0.15, 0.2) is 42.5 Å². The number of para-hydroxylation sites is 1. The third-order valence-corrected chi connectivity index (χ3v) is 3.92. The number of nitrogen functional groups attached to an aromatic ring is 1. The van der Waals surface area contributed by atoms with Gasteiger partial charge in [0.25, 0.3) is 5.91 Å². The van der Waals surface area contributed by atoms with E-state index in [2.05, 4.69) is 19.2 Å². The summed E-state index contributed by atoms with van der Waals surface area (Å²) in [4.78, 5) is 12.2. The lowest BCUT2D eigenvalue weighted by atomic mass is 9.98. The number of rotatable bonds is 7. The standard InChI is InChI=1S/C19H24N2O3/c1-4-13(2)15-7-5-6-8-17(15)24-12-19(22)21-16-11-14(20)9-10-18(16)23-3/h5-11,13H,4,12,20H2,1-3H3,(H,21,22). The first-order valence-electron chi connectivity index (χ1n) is 8.00. The summed E-state index contributed by atoms with van der Waals surface area (Å²) in [6.07, 6.45) is 1.01. The van der Waals surface area contributed by atoms with Crippen LogP contribution in [0.3, 0.4) is 0 Å². The molecule has 0 aliphatic rings. The highest BCUT2D eigenvalue weighted by Gasteiger charge is 2.12. The van der Waals surface area contributed by atoms with E-state index < -0.39 is 0 Å². The number of ether oxygens (including phenoxy) is 2. The number of hydrogen-bond donors (Lipinski definition) is 2. The summed E-state index contributed by atoms with van der Waals surface area (Å²) in [7, 11) is 1.54. The van der Waals surface area contributed by atoms with Crippen LogP contribution < -0.4 is 20.5 Å². The SMILES string of the molecule is CCC(C)c1ccccc1OCC(=O)Nc1cc(N)ccc1OC. The van der Waals surface area contributed by atoms with E-state index in [1.165, 1.54) is 0 Å². The highest BCUT2D eigenvalue weighted by atomic mass is 16.5. The van der Waals surface area contributed by atoms with E-state index >= 15 is 0 Å². The second-order valence-electron chi connectivity index (χ2n) is 5.64. The van der Waals surface area contributed by atoms with Crippen molar-refractivity contribution in [3.05, 3.63) is 48.0 Å². The maximum absolute atomic E-state index is 12.2. The topological polar surface area (TPSA) is 73.6 Å². The lowest BCUT2D eigenvalue weighted by molar-refractivity contribution is -0.118. The average Bonchev–Trinajstić information content (AvgIpc) is 2.59. The lowest BCUT2D eigenvalue weighted by Gasteiger charge is -2.16. The zero-order valence-corrected chi connectivity index (χ0v) is 14.3. The van der Waals surface area contributed by atoms with Gasteiger partial charge in [0.2, 0.25) is 0 Å². The van der Waals surface area contributed by atoms with Crippen LogP contribution in [-0.4, -0.2) is 19.6 Å². The van der Waals surface area contributed by atoms with Crippen LogP contribution in [0, 0.1) is 0 Å². The highest BCUT2D eigenvalue weighted by Crippen LogP contribution is 2.29. The van der Waals surface area contributed by atoms with Gasteiger partial charge in [0.15, 0.2) is 6.61 Å². The fraction of sp³-hybridized carbons (Fsp3) is 0.316. The molecule has 0 fully saturated rings. The molecule has 0 aliphatic heterocycles. The molecule has 5 heteroatoms. The maximum atomic E-state index is 12.2. The molecular weight excluding hydrogens is 304 g/mol. The summed E-state index contributed by atoms with van der Waals surface area (Å²) < 4.78 is 10.9. The number of benzene rings is 2. The number of hydrogen-bond acceptors (Lipinski definition) is 4. The number of amides is 1. The molecule has 0 bridgehead atoms. The number of methoxy groups -OCH3 is 1. The molecule has 0 saturated carbocycles. The Morgan fingerprint density at radius 3 is 2.67 bits per heavy atom. The van der Waals surface area contributed by atoms with E-state index in [4.69, 9.17) is 15.2 Å². The van der Waals surface area contributed by atoms with Crippen molar-refractivity contribution < 1.29 is 14.3 Å². The fourth-order valence-electron chi connectivity index (χ4n) is 2.39.